The van der Waals surface area contributed by atoms with E-state index in [2.05, 4.69) is 10.0 Å². The second-order valence-electron chi connectivity index (χ2n) is 6.24. The average Bonchev–Trinajstić information content (AvgIpc) is 2.90. The summed E-state index contributed by atoms with van der Waals surface area (Å²) < 4.78 is 28.1. The lowest BCUT2D eigenvalue weighted by molar-refractivity contribution is 0.427. The molecule has 0 unspecified atom stereocenters. The van der Waals surface area contributed by atoms with Crippen LogP contribution in [0.5, 0.6) is 0 Å². The van der Waals surface area contributed by atoms with Crippen LogP contribution in [0.3, 0.4) is 0 Å². The topological polar surface area (TPSA) is 58.2 Å². The van der Waals surface area contributed by atoms with Gasteiger partial charge in [-0.2, -0.15) is 0 Å². The van der Waals surface area contributed by atoms with Gasteiger partial charge in [0.05, 0.1) is 4.90 Å². The van der Waals surface area contributed by atoms with E-state index in [1.165, 1.54) is 24.2 Å². The maximum Gasteiger partial charge on any atom is 0.242 e. The largest absolute Gasteiger partial charge is 0.309 e. The molecule has 0 bridgehead atoms. The van der Waals surface area contributed by atoms with Crippen LogP contribution in [0.15, 0.2) is 16.3 Å². The lowest BCUT2D eigenvalue weighted by atomic mass is 10.0. The zero-order valence-electron chi connectivity index (χ0n) is 11.8. The number of rotatable bonds is 6. The summed E-state index contributed by atoms with van der Waals surface area (Å²) >= 11 is 1.52. The van der Waals surface area contributed by atoms with E-state index in [4.69, 9.17) is 0 Å². The van der Waals surface area contributed by atoms with Crippen molar-refractivity contribution in [1.82, 2.24) is 10.0 Å². The first-order valence-electron chi connectivity index (χ1n) is 7.32. The molecule has 112 valence electrons. The summed E-state index contributed by atoms with van der Waals surface area (Å²) in [6.07, 6.45) is 6.52. The van der Waals surface area contributed by atoms with Crippen LogP contribution < -0.4 is 10.0 Å². The van der Waals surface area contributed by atoms with Crippen LogP contribution in [0, 0.1) is 0 Å². The molecule has 0 saturated heterocycles. The van der Waals surface area contributed by atoms with Gasteiger partial charge in [-0.15, -0.1) is 11.3 Å². The van der Waals surface area contributed by atoms with Crippen LogP contribution in [0.4, 0.5) is 0 Å². The predicted molar refractivity (Wildman–Crippen MR) is 81.4 cm³/mol. The molecule has 0 radical (unpaired) electrons. The average molecular weight is 314 g/mol. The molecule has 20 heavy (non-hydrogen) atoms. The maximum absolute atomic E-state index is 12.6. The molecule has 0 amide bonds. The molecular weight excluding hydrogens is 292 g/mol. The van der Waals surface area contributed by atoms with Gasteiger partial charge in [0.25, 0.3) is 0 Å². The van der Waals surface area contributed by atoms with Gasteiger partial charge < -0.3 is 5.32 Å². The molecule has 6 heteroatoms. The van der Waals surface area contributed by atoms with Crippen molar-refractivity contribution in [3.63, 3.8) is 0 Å². The smallest absolute Gasteiger partial charge is 0.242 e. The molecule has 0 aromatic carbocycles. The zero-order valence-corrected chi connectivity index (χ0v) is 13.4. The molecule has 2 aliphatic rings. The molecule has 2 fully saturated rings. The van der Waals surface area contributed by atoms with Crippen molar-refractivity contribution >= 4 is 21.4 Å². The van der Waals surface area contributed by atoms with Crippen molar-refractivity contribution in [2.45, 2.75) is 68.5 Å². The summed E-state index contributed by atoms with van der Waals surface area (Å²) in [7, 11) is -3.40. The van der Waals surface area contributed by atoms with Crippen LogP contribution in [0.1, 0.15) is 50.3 Å². The standard InChI is InChI=1S/C14H22N2O2S2/c1-14(7-2-3-8-14)16-20(17,18)13-6-9-19-12(13)10-15-11-4-5-11/h6,9,11,15-16H,2-5,7-8,10H2,1H3. The van der Waals surface area contributed by atoms with E-state index >= 15 is 0 Å². The SMILES string of the molecule is CC1(NS(=O)(=O)c2ccsc2CNC2CC2)CCCC1. The monoisotopic (exact) mass is 314 g/mol. The van der Waals surface area contributed by atoms with Gasteiger partial charge in [0.2, 0.25) is 10.0 Å². The molecule has 2 aliphatic carbocycles. The highest BCUT2D eigenvalue weighted by atomic mass is 32.2. The van der Waals surface area contributed by atoms with Crippen molar-refractivity contribution in [3.8, 4) is 0 Å². The van der Waals surface area contributed by atoms with Gasteiger partial charge in [0.1, 0.15) is 0 Å². The van der Waals surface area contributed by atoms with Gasteiger partial charge in [-0.05, 0) is 44.1 Å². The van der Waals surface area contributed by atoms with E-state index in [0.29, 0.717) is 17.5 Å². The molecule has 1 aromatic heterocycles. The quantitative estimate of drug-likeness (QED) is 0.848. The Bertz CT molecular complexity index is 570. The van der Waals surface area contributed by atoms with E-state index in [0.717, 1.165) is 30.6 Å². The van der Waals surface area contributed by atoms with Crippen molar-refractivity contribution in [3.05, 3.63) is 16.3 Å². The molecule has 3 rings (SSSR count). The number of hydrogen-bond acceptors (Lipinski definition) is 4. The molecule has 1 aromatic rings. The number of nitrogens with one attached hydrogen (secondary N) is 2. The fourth-order valence-electron chi connectivity index (χ4n) is 2.86. The predicted octanol–water partition coefficient (Wildman–Crippen LogP) is 2.61. The maximum atomic E-state index is 12.6. The minimum atomic E-state index is -3.40. The third-order valence-electron chi connectivity index (χ3n) is 4.21. The first kappa shape index (κ1) is 14.5. The Morgan fingerprint density at radius 2 is 2.05 bits per heavy atom. The van der Waals surface area contributed by atoms with Crippen LogP contribution >= 0.6 is 11.3 Å². The third kappa shape index (κ3) is 3.24. The second-order valence-corrected chi connectivity index (χ2v) is 8.89. The summed E-state index contributed by atoms with van der Waals surface area (Å²) in [6, 6.07) is 2.32. The lowest BCUT2D eigenvalue weighted by Gasteiger charge is -2.25. The van der Waals surface area contributed by atoms with Gasteiger partial charge in [-0.3, -0.25) is 0 Å². The molecule has 0 aliphatic heterocycles. The Hall–Kier alpha value is -0.430. The molecule has 0 atom stereocenters. The molecule has 4 nitrogen and oxygen atoms in total. The van der Waals surface area contributed by atoms with E-state index in [9.17, 15) is 8.42 Å². The Kier molecular flexibility index (Phi) is 3.92. The fraction of sp³-hybridized carbons (Fsp3) is 0.714. The van der Waals surface area contributed by atoms with Gasteiger partial charge in [-0.25, -0.2) is 13.1 Å². The van der Waals surface area contributed by atoms with Crippen molar-refractivity contribution < 1.29 is 8.42 Å². The molecule has 1 heterocycles. The minimum absolute atomic E-state index is 0.262. The summed E-state index contributed by atoms with van der Waals surface area (Å²) in [4.78, 5) is 1.38. The molecule has 2 N–H and O–H groups in total. The fourth-order valence-corrected chi connectivity index (χ4v) is 5.72. The van der Waals surface area contributed by atoms with E-state index in [-0.39, 0.29) is 5.54 Å². The summed E-state index contributed by atoms with van der Waals surface area (Å²) in [6.45, 7) is 2.68. The van der Waals surface area contributed by atoms with Crippen molar-refractivity contribution in [1.29, 1.82) is 0 Å². The lowest BCUT2D eigenvalue weighted by Crippen LogP contribution is -2.43. The van der Waals surface area contributed by atoms with E-state index in [1.54, 1.807) is 6.07 Å². The van der Waals surface area contributed by atoms with Crippen LogP contribution in [0.2, 0.25) is 0 Å². The second kappa shape index (κ2) is 5.40. The van der Waals surface area contributed by atoms with Gasteiger partial charge in [0.15, 0.2) is 0 Å². The van der Waals surface area contributed by atoms with Crippen molar-refractivity contribution in [2.75, 3.05) is 0 Å². The van der Waals surface area contributed by atoms with Gasteiger partial charge >= 0.3 is 0 Å². The minimum Gasteiger partial charge on any atom is -0.309 e. The van der Waals surface area contributed by atoms with Crippen molar-refractivity contribution in [2.24, 2.45) is 0 Å². The zero-order chi connectivity index (χ0) is 14.2. The summed E-state index contributed by atoms with van der Waals surface area (Å²) in [5, 5.41) is 5.26. The summed E-state index contributed by atoms with van der Waals surface area (Å²) in [5.41, 5.74) is -0.262. The highest BCUT2D eigenvalue weighted by molar-refractivity contribution is 7.89. The van der Waals surface area contributed by atoms with E-state index < -0.39 is 10.0 Å². The molecular formula is C14H22N2O2S2. The first-order chi connectivity index (χ1) is 9.49. The van der Waals surface area contributed by atoms with Gasteiger partial charge in [-0.1, -0.05) is 12.8 Å². The van der Waals surface area contributed by atoms with E-state index in [1.807, 2.05) is 12.3 Å². The number of hydrogen-bond donors (Lipinski definition) is 2. The van der Waals surface area contributed by atoms with Crippen LogP contribution in [-0.4, -0.2) is 20.0 Å². The van der Waals surface area contributed by atoms with Crippen LogP contribution in [-0.2, 0) is 16.6 Å². The molecule has 2 saturated carbocycles. The Morgan fingerprint density at radius 3 is 2.70 bits per heavy atom. The Labute approximate surface area is 125 Å². The Morgan fingerprint density at radius 1 is 1.35 bits per heavy atom. The summed E-state index contributed by atoms with van der Waals surface area (Å²) in [5.74, 6) is 0. The number of thiophene rings is 1. The molecule has 0 spiro atoms. The van der Waals surface area contributed by atoms with Gasteiger partial charge in [0, 0.05) is 23.0 Å². The highest BCUT2D eigenvalue weighted by Crippen LogP contribution is 2.32. The number of sulfonamides is 1. The highest BCUT2D eigenvalue weighted by Gasteiger charge is 2.34. The Balaban J connectivity index is 1.74. The normalized spacial score (nSPS) is 22.2. The first-order valence-corrected chi connectivity index (χ1v) is 9.69. The van der Waals surface area contributed by atoms with Crippen LogP contribution in [0.25, 0.3) is 0 Å². The third-order valence-corrected chi connectivity index (χ3v) is 6.98.